The summed E-state index contributed by atoms with van der Waals surface area (Å²) < 4.78 is 43.2. The number of hydrogen-bond acceptors (Lipinski definition) is 3. The number of amides is 1. The molecule has 0 saturated heterocycles. The summed E-state index contributed by atoms with van der Waals surface area (Å²) in [7, 11) is 1.48. The third-order valence-corrected chi connectivity index (χ3v) is 3.22. The second-order valence-corrected chi connectivity index (χ2v) is 4.98. The minimum absolute atomic E-state index is 0.0494. The van der Waals surface area contributed by atoms with Crippen LogP contribution in [0.4, 0.5) is 18.9 Å². The Morgan fingerprint density at radius 3 is 2.56 bits per heavy atom. The van der Waals surface area contributed by atoms with Gasteiger partial charge in [-0.2, -0.15) is 18.4 Å². The molecule has 0 heterocycles. The van der Waals surface area contributed by atoms with Crippen LogP contribution >= 0.6 is 0 Å². The second kappa shape index (κ2) is 7.53. The molecule has 0 fully saturated rings. The molecule has 0 saturated carbocycles. The number of anilines is 1. The van der Waals surface area contributed by atoms with Gasteiger partial charge in [-0.3, -0.25) is 4.79 Å². The highest BCUT2D eigenvalue weighted by atomic mass is 19.4. The predicted molar refractivity (Wildman–Crippen MR) is 86.7 cm³/mol. The van der Waals surface area contributed by atoms with Crippen LogP contribution in [0.3, 0.4) is 0 Å². The van der Waals surface area contributed by atoms with Crippen LogP contribution in [0.1, 0.15) is 11.1 Å². The molecule has 1 N–H and O–H groups in total. The lowest BCUT2D eigenvalue weighted by molar-refractivity contribution is -0.137. The highest BCUT2D eigenvalue weighted by Crippen LogP contribution is 2.30. The largest absolute Gasteiger partial charge is 0.497 e. The number of carbonyl (C=O) groups is 1. The van der Waals surface area contributed by atoms with E-state index in [1.54, 1.807) is 30.3 Å². The van der Waals surface area contributed by atoms with Gasteiger partial charge in [0, 0.05) is 5.69 Å². The van der Waals surface area contributed by atoms with Crippen LogP contribution in [-0.4, -0.2) is 13.0 Å². The van der Waals surface area contributed by atoms with Crippen LogP contribution in [0, 0.1) is 11.3 Å². The number of nitriles is 1. The van der Waals surface area contributed by atoms with Crippen molar-refractivity contribution in [3.8, 4) is 11.8 Å². The number of halogens is 3. The van der Waals surface area contributed by atoms with Gasteiger partial charge in [-0.1, -0.05) is 18.2 Å². The maximum Gasteiger partial charge on any atom is 0.416 e. The Morgan fingerprint density at radius 2 is 1.92 bits per heavy atom. The summed E-state index contributed by atoms with van der Waals surface area (Å²) >= 11 is 0. The molecule has 7 heteroatoms. The van der Waals surface area contributed by atoms with Crippen molar-refractivity contribution in [3.63, 3.8) is 0 Å². The summed E-state index contributed by atoms with van der Waals surface area (Å²) in [5, 5.41) is 11.4. The lowest BCUT2D eigenvalue weighted by Crippen LogP contribution is -2.14. The van der Waals surface area contributed by atoms with Gasteiger partial charge in [0.2, 0.25) is 0 Å². The van der Waals surface area contributed by atoms with E-state index in [1.165, 1.54) is 25.3 Å². The van der Waals surface area contributed by atoms with E-state index in [2.05, 4.69) is 5.32 Å². The number of ether oxygens (including phenoxy) is 1. The van der Waals surface area contributed by atoms with Gasteiger partial charge in [-0.15, -0.1) is 0 Å². The van der Waals surface area contributed by atoms with E-state index in [0.717, 1.165) is 12.1 Å². The predicted octanol–water partition coefficient (Wildman–Crippen LogP) is 4.26. The molecule has 0 atom stereocenters. The number of benzene rings is 2. The van der Waals surface area contributed by atoms with E-state index in [1.807, 2.05) is 0 Å². The molecule has 1 amide bonds. The first kappa shape index (κ1) is 18.1. The van der Waals surface area contributed by atoms with Gasteiger partial charge < -0.3 is 10.1 Å². The molecule has 0 aliphatic carbocycles. The van der Waals surface area contributed by atoms with Crippen molar-refractivity contribution in [1.82, 2.24) is 0 Å². The number of alkyl halides is 3. The monoisotopic (exact) mass is 346 g/mol. The Balaban J connectivity index is 2.23. The van der Waals surface area contributed by atoms with E-state index >= 15 is 0 Å². The Bertz CT molecular complexity index is 852. The van der Waals surface area contributed by atoms with Crippen LogP contribution in [0.2, 0.25) is 0 Å². The van der Waals surface area contributed by atoms with Crippen molar-refractivity contribution in [2.45, 2.75) is 6.18 Å². The van der Waals surface area contributed by atoms with Crippen molar-refractivity contribution in [3.05, 3.63) is 65.2 Å². The highest BCUT2D eigenvalue weighted by Gasteiger charge is 2.30. The van der Waals surface area contributed by atoms with Crippen LogP contribution < -0.4 is 10.1 Å². The van der Waals surface area contributed by atoms with Crippen LogP contribution in [-0.2, 0) is 11.0 Å². The van der Waals surface area contributed by atoms with Gasteiger partial charge in [0.1, 0.15) is 17.4 Å². The van der Waals surface area contributed by atoms with Crippen molar-refractivity contribution >= 4 is 17.7 Å². The third kappa shape index (κ3) is 4.85. The van der Waals surface area contributed by atoms with E-state index in [9.17, 15) is 18.0 Å². The van der Waals surface area contributed by atoms with E-state index in [-0.39, 0.29) is 11.3 Å². The topological polar surface area (TPSA) is 62.1 Å². The molecular formula is C18H13F3N2O2. The Kier molecular flexibility index (Phi) is 5.45. The SMILES string of the molecule is COc1cccc(/C=C(\C#N)C(=O)Nc2cccc(C(F)(F)F)c2)c1. The van der Waals surface area contributed by atoms with E-state index in [0.29, 0.717) is 11.3 Å². The van der Waals surface area contributed by atoms with Crippen LogP contribution in [0.5, 0.6) is 5.75 Å². The van der Waals surface area contributed by atoms with Gasteiger partial charge in [0.05, 0.1) is 12.7 Å². The molecule has 0 spiro atoms. The van der Waals surface area contributed by atoms with Crippen molar-refractivity contribution in [2.24, 2.45) is 0 Å². The number of rotatable bonds is 4. The minimum atomic E-state index is -4.52. The molecule has 0 radical (unpaired) electrons. The fourth-order valence-electron chi connectivity index (χ4n) is 2.02. The summed E-state index contributed by atoms with van der Waals surface area (Å²) in [6.45, 7) is 0. The standard InChI is InChI=1S/C18H13F3N2O2/c1-25-16-7-2-4-12(9-16)8-13(11-22)17(24)23-15-6-3-5-14(10-15)18(19,20)21/h2-10H,1H3,(H,23,24)/b13-8+. The molecule has 128 valence electrons. The normalized spacial score (nSPS) is 11.6. The first-order chi connectivity index (χ1) is 11.8. The molecule has 0 unspecified atom stereocenters. The fourth-order valence-corrected chi connectivity index (χ4v) is 2.02. The zero-order valence-corrected chi connectivity index (χ0v) is 13.1. The molecule has 0 aliphatic rings. The Hall–Kier alpha value is -3.27. The van der Waals surface area contributed by atoms with Gasteiger partial charge in [-0.25, -0.2) is 0 Å². The maximum absolute atomic E-state index is 12.7. The van der Waals surface area contributed by atoms with Crippen LogP contribution in [0.25, 0.3) is 6.08 Å². The first-order valence-electron chi connectivity index (χ1n) is 7.08. The zero-order valence-electron chi connectivity index (χ0n) is 13.1. The molecule has 0 aliphatic heterocycles. The summed E-state index contributed by atoms with van der Waals surface area (Å²) in [6.07, 6.45) is -3.19. The van der Waals surface area contributed by atoms with E-state index < -0.39 is 17.6 Å². The number of nitrogens with one attached hydrogen (secondary N) is 1. The van der Waals surface area contributed by atoms with Gasteiger partial charge in [-0.05, 0) is 42.0 Å². The Labute approximate surface area is 142 Å². The van der Waals surface area contributed by atoms with Crippen LogP contribution in [0.15, 0.2) is 54.1 Å². The average molecular weight is 346 g/mol. The Morgan fingerprint density at radius 1 is 1.20 bits per heavy atom. The lowest BCUT2D eigenvalue weighted by Gasteiger charge is -2.09. The number of carbonyl (C=O) groups excluding carboxylic acids is 1. The smallest absolute Gasteiger partial charge is 0.416 e. The molecule has 25 heavy (non-hydrogen) atoms. The maximum atomic E-state index is 12.7. The molecule has 2 aromatic carbocycles. The van der Waals surface area contributed by atoms with Gasteiger partial charge in [0.25, 0.3) is 5.91 Å². The summed E-state index contributed by atoms with van der Waals surface area (Å²) in [5.41, 5.74) is -0.632. The van der Waals surface area contributed by atoms with Crippen molar-refractivity contribution < 1.29 is 22.7 Å². The van der Waals surface area contributed by atoms with Gasteiger partial charge >= 0.3 is 6.18 Å². The summed E-state index contributed by atoms with van der Waals surface area (Å²) in [6, 6.07) is 12.6. The van der Waals surface area contributed by atoms with Gasteiger partial charge in [0.15, 0.2) is 0 Å². The summed E-state index contributed by atoms with van der Waals surface area (Å²) in [5.74, 6) is -0.256. The third-order valence-electron chi connectivity index (χ3n) is 3.22. The lowest BCUT2D eigenvalue weighted by atomic mass is 10.1. The summed E-state index contributed by atoms with van der Waals surface area (Å²) in [4.78, 5) is 12.1. The average Bonchev–Trinajstić information content (AvgIpc) is 2.59. The molecule has 2 rings (SSSR count). The first-order valence-corrected chi connectivity index (χ1v) is 7.08. The minimum Gasteiger partial charge on any atom is -0.497 e. The molecule has 0 bridgehead atoms. The van der Waals surface area contributed by atoms with Crippen molar-refractivity contribution in [2.75, 3.05) is 12.4 Å². The fraction of sp³-hybridized carbons (Fsp3) is 0.111. The van der Waals surface area contributed by atoms with E-state index in [4.69, 9.17) is 10.00 Å². The molecular weight excluding hydrogens is 333 g/mol. The highest BCUT2D eigenvalue weighted by molar-refractivity contribution is 6.09. The van der Waals surface area contributed by atoms with Crippen molar-refractivity contribution in [1.29, 1.82) is 5.26 Å². The second-order valence-electron chi connectivity index (χ2n) is 4.98. The molecule has 0 aromatic heterocycles. The number of methoxy groups -OCH3 is 1. The molecule has 2 aromatic rings. The number of nitrogens with zero attached hydrogens (tertiary/aromatic N) is 1. The molecule has 4 nitrogen and oxygen atoms in total. The quantitative estimate of drug-likeness (QED) is 0.665. The zero-order chi connectivity index (χ0) is 18.4. The number of hydrogen-bond donors (Lipinski definition) is 1.